The van der Waals surface area contributed by atoms with Crippen molar-refractivity contribution in [1.29, 1.82) is 0 Å². The van der Waals surface area contributed by atoms with Crippen molar-refractivity contribution in [2.24, 2.45) is 0 Å². The number of hydrogen-bond acceptors (Lipinski definition) is 2. The van der Waals surface area contributed by atoms with Crippen LogP contribution < -0.4 is 9.47 Å². The molecule has 0 saturated carbocycles. The van der Waals surface area contributed by atoms with Crippen LogP contribution in [0.1, 0.15) is 11.1 Å². The van der Waals surface area contributed by atoms with Gasteiger partial charge in [-0.25, -0.2) is 0 Å². The summed E-state index contributed by atoms with van der Waals surface area (Å²) in [5, 5.41) is 0. The van der Waals surface area contributed by atoms with Gasteiger partial charge in [-0.05, 0) is 35.4 Å². The molecule has 0 spiro atoms. The molecule has 2 aromatic carbocycles. The Labute approximate surface area is 147 Å². The minimum Gasteiger partial charge on any atom is -0.406 e. The molecule has 0 amide bonds. The van der Waals surface area contributed by atoms with E-state index >= 15 is 0 Å². The van der Waals surface area contributed by atoms with Crippen molar-refractivity contribution in [2.75, 3.05) is 0 Å². The van der Waals surface area contributed by atoms with E-state index in [-0.39, 0.29) is 11.1 Å². The zero-order valence-electron chi connectivity index (χ0n) is 12.0. The maximum Gasteiger partial charge on any atom is 0.573 e. The molecule has 2 rings (SSSR count). The molecular formula is C15H8Cl2F6O2. The fourth-order valence-electron chi connectivity index (χ4n) is 1.90. The molecule has 0 aromatic heterocycles. The number of ether oxygens (including phenoxy) is 2. The second-order valence-corrected chi connectivity index (χ2v) is 6.05. The monoisotopic (exact) mass is 404 g/mol. The SMILES string of the molecule is FC(F)(F)Oc1ccc(C(Cl)(Cl)c2ccc(OC(F)(F)F)cc2)cc1. The highest BCUT2D eigenvalue weighted by atomic mass is 35.5. The molecule has 0 N–H and O–H groups in total. The third kappa shape index (κ3) is 5.61. The van der Waals surface area contributed by atoms with E-state index in [1.165, 1.54) is 24.3 Å². The average Bonchev–Trinajstić information content (AvgIpc) is 2.45. The summed E-state index contributed by atoms with van der Waals surface area (Å²) in [6.07, 6.45) is -9.68. The predicted molar refractivity (Wildman–Crippen MR) is 78.7 cm³/mol. The number of alkyl halides is 8. The van der Waals surface area contributed by atoms with Crippen LogP contribution in [0.4, 0.5) is 26.3 Å². The highest BCUT2D eigenvalue weighted by molar-refractivity contribution is 6.50. The van der Waals surface area contributed by atoms with Gasteiger partial charge >= 0.3 is 12.7 Å². The average molecular weight is 405 g/mol. The Hall–Kier alpha value is -1.80. The molecule has 0 aliphatic carbocycles. The first-order valence-electron chi connectivity index (χ1n) is 6.47. The Kier molecular flexibility index (Phi) is 5.34. The van der Waals surface area contributed by atoms with E-state index in [0.29, 0.717) is 0 Å². The van der Waals surface area contributed by atoms with Crippen molar-refractivity contribution in [3.8, 4) is 11.5 Å². The van der Waals surface area contributed by atoms with Crippen LogP contribution in [0, 0.1) is 0 Å². The summed E-state index contributed by atoms with van der Waals surface area (Å²) in [4.78, 5) is 0. The van der Waals surface area contributed by atoms with Crippen molar-refractivity contribution in [3.63, 3.8) is 0 Å². The molecule has 0 unspecified atom stereocenters. The van der Waals surface area contributed by atoms with E-state index < -0.39 is 28.6 Å². The van der Waals surface area contributed by atoms with Gasteiger partial charge in [0.15, 0.2) is 4.33 Å². The molecule has 0 bridgehead atoms. The van der Waals surface area contributed by atoms with Gasteiger partial charge in [-0.3, -0.25) is 0 Å². The number of rotatable bonds is 4. The third-order valence-corrected chi connectivity index (χ3v) is 3.77. The van der Waals surface area contributed by atoms with Gasteiger partial charge in [0, 0.05) is 0 Å². The van der Waals surface area contributed by atoms with Crippen LogP contribution in [0.25, 0.3) is 0 Å². The predicted octanol–water partition coefficient (Wildman–Crippen LogP) is 6.16. The van der Waals surface area contributed by atoms with Gasteiger partial charge in [0.2, 0.25) is 0 Å². The lowest BCUT2D eigenvalue weighted by Gasteiger charge is -2.21. The lowest BCUT2D eigenvalue weighted by Crippen LogP contribution is -2.18. The lowest BCUT2D eigenvalue weighted by atomic mass is 10.0. The number of halogens is 8. The van der Waals surface area contributed by atoms with Crippen LogP contribution in [0.3, 0.4) is 0 Å². The zero-order valence-corrected chi connectivity index (χ0v) is 13.5. The molecule has 0 atom stereocenters. The number of benzene rings is 2. The van der Waals surface area contributed by atoms with E-state index in [4.69, 9.17) is 23.2 Å². The molecule has 0 saturated heterocycles. The Balaban J connectivity index is 2.20. The summed E-state index contributed by atoms with van der Waals surface area (Å²) >= 11 is 12.4. The van der Waals surface area contributed by atoms with Gasteiger partial charge in [-0.15, -0.1) is 26.3 Å². The van der Waals surface area contributed by atoms with Crippen LogP contribution in [-0.4, -0.2) is 12.7 Å². The van der Waals surface area contributed by atoms with Crippen molar-refractivity contribution in [1.82, 2.24) is 0 Å². The van der Waals surface area contributed by atoms with Gasteiger partial charge in [0.1, 0.15) is 11.5 Å². The highest BCUT2D eigenvalue weighted by Gasteiger charge is 2.33. The minimum absolute atomic E-state index is 0.204. The summed E-state index contributed by atoms with van der Waals surface area (Å²) < 4.78 is 78.5. The van der Waals surface area contributed by atoms with E-state index in [9.17, 15) is 26.3 Å². The summed E-state index contributed by atoms with van der Waals surface area (Å²) in [6, 6.07) is 8.91. The molecule has 0 aliphatic heterocycles. The fraction of sp³-hybridized carbons (Fsp3) is 0.200. The van der Waals surface area contributed by atoms with Gasteiger partial charge in [-0.1, -0.05) is 47.5 Å². The molecule has 0 aliphatic rings. The molecule has 0 fully saturated rings. The molecule has 2 nitrogen and oxygen atoms in total. The van der Waals surface area contributed by atoms with Crippen LogP contribution in [0.2, 0.25) is 0 Å². The molecule has 10 heteroatoms. The van der Waals surface area contributed by atoms with E-state index in [1.54, 1.807) is 0 Å². The first-order chi connectivity index (χ1) is 11.4. The zero-order chi connectivity index (χ0) is 18.9. The topological polar surface area (TPSA) is 18.5 Å². The highest BCUT2D eigenvalue weighted by Crippen LogP contribution is 2.42. The summed E-state index contributed by atoms with van der Waals surface area (Å²) in [5.41, 5.74) is 0.407. The maximum absolute atomic E-state index is 12.1. The van der Waals surface area contributed by atoms with E-state index in [1.807, 2.05) is 0 Å². The smallest absolute Gasteiger partial charge is 0.406 e. The second kappa shape index (κ2) is 6.84. The Morgan fingerprint density at radius 1 is 0.560 bits per heavy atom. The molecular weight excluding hydrogens is 397 g/mol. The van der Waals surface area contributed by atoms with Crippen molar-refractivity contribution in [3.05, 3.63) is 59.7 Å². The fourth-order valence-corrected chi connectivity index (χ4v) is 2.40. The first-order valence-corrected chi connectivity index (χ1v) is 7.23. The van der Waals surface area contributed by atoms with E-state index in [0.717, 1.165) is 24.3 Å². The minimum atomic E-state index is -4.84. The normalized spacial score (nSPS) is 12.8. The largest absolute Gasteiger partial charge is 0.573 e. The van der Waals surface area contributed by atoms with Crippen LogP contribution in [0.5, 0.6) is 11.5 Å². The van der Waals surface area contributed by atoms with E-state index in [2.05, 4.69) is 9.47 Å². The van der Waals surface area contributed by atoms with Gasteiger partial charge in [0.05, 0.1) is 0 Å². The van der Waals surface area contributed by atoms with Crippen LogP contribution >= 0.6 is 23.2 Å². The standard InChI is InChI=1S/C15H8Cl2F6O2/c16-13(17,9-1-5-11(6-2-9)24-14(18,19)20)10-3-7-12(8-4-10)25-15(21,22)23/h1-8H. The first kappa shape index (κ1) is 19.5. The summed E-state index contributed by atoms with van der Waals surface area (Å²) in [5.74, 6) is -0.927. The Morgan fingerprint density at radius 2 is 0.840 bits per heavy atom. The van der Waals surface area contributed by atoms with Gasteiger partial charge < -0.3 is 9.47 Å². The van der Waals surface area contributed by atoms with Gasteiger partial charge in [0.25, 0.3) is 0 Å². The van der Waals surface area contributed by atoms with Crippen molar-refractivity contribution < 1.29 is 35.8 Å². The maximum atomic E-state index is 12.1. The molecule has 0 heterocycles. The summed E-state index contributed by atoms with van der Waals surface area (Å²) in [6.45, 7) is 0. The van der Waals surface area contributed by atoms with Crippen LogP contribution in [0.15, 0.2) is 48.5 Å². The van der Waals surface area contributed by atoms with Crippen molar-refractivity contribution in [2.45, 2.75) is 17.1 Å². The van der Waals surface area contributed by atoms with Crippen LogP contribution in [-0.2, 0) is 4.33 Å². The molecule has 0 radical (unpaired) electrons. The Morgan fingerprint density at radius 3 is 1.08 bits per heavy atom. The summed E-state index contributed by atoms with van der Waals surface area (Å²) in [7, 11) is 0. The third-order valence-electron chi connectivity index (χ3n) is 2.90. The lowest BCUT2D eigenvalue weighted by molar-refractivity contribution is -0.275. The Bertz CT molecular complexity index is 647. The number of hydrogen-bond donors (Lipinski definition) is 0. The second-order valence-electron chi connectivity index (χ2n) is 4.72. The quantitative estimate of drug-likeness (QED) is 0.448. The molecule has 2 aromatic rings. The molecule has 25 heavy (non-hydrogen) atoms. The van der Waals surface area contributed by atoms with Gasteiger partial charge in [-0.2, -0.15) is 0 Å². The molecule has 136 valence electrons. The van der Waals surface area contributed by atoms with Crippen molar-refractivity contribution >= 4 is 23.2 Å².